The summed E-state index contributed by atoms with van der Waals surface area (Å²) in [4.78, 5) is 14.2. The molecule has 2 heterocycles. The van der Waals surface area contributed by atoms with Crippen LogP contribution < -0.4 is 10.6 Å². The van der Waals surface area contributed by atoms with Crippen LogP contribution in [0.25, 0.3) is 0 Å². The molecular formula is C13H23N5O. The second-order valence-corrected chi connectivity index (χ2v) is 5.27. The van der Waals surface area contributed by atoms with Gasteiger partial charge >= 0.3 is 0 Å². The number of carbonyl (C=O) groups excluding carboxylic acids is 1. The van der Waals surface area contributed by atoms with Crippen molar-refractivity contribution in [1.29, 1.82) is 0 Å². The highest BCUT2D eigenvalue weighted by Gasteiger charge is 2.20. The van der Waals surface area contributed by atoms with Gasteiger partial charge in [0.1, 0.15) is 0 Å². The molecule has 0 saturated carbocycles. The molecule has 1 fully saturated rings. The normalized spacial score (nSPS) is 19.7. The van der Waals surface area contributed by atoms with Crippen molar-refractivity contribution in [1.82, 2.24) is 20.4 Å². The van der Waals surface area contributed by atoms with Crippen LogP contribution in [0.2, 0.25) is 0 Å². The number of carbonyl (C=O) groups is 1. The number of H-pyrrole nitrogens is 1. The molecule has 0 aromatic carbocycles. The van der Waals surface area contributed by atoms with Crippen LogP contribution in [0.5, 0.6) is 0 Å². The number of hydrogen-bond acceptors (Lipinski definition) is 4. The van der Waals surface area contributed by atoms with Crippen molar-refractivity contribution in [2.24, 2.45) is 0 Å². The van der Waals surface area contributed by atoms with E-state index in [2.05, 4.69) is 25.7 Å². The van der Waals surface area contributed by atoms with E-state index in [0.29, 0.717) is 12.6 Å². The molecule has 0 spiro atoms. The number of anilines is 1. The Hall–Kier alpha value is -1.40. The largest absolute Gasteiger partial charge is 0.322 e. The lowest BCUT2D eigenvalue weighted by Crippen LogP contribution is -2.46. The molecule has 2 rings (SSSR count). The average molecular weight is 265 g/mol. The third-order valence-electron chi connectivity index (χ3n) is 3.68. The Morgan fingerprint density at radius 1 is 1.53 bits per heavy atom. The molecule has 1 aromatic rings. The van der Waals surface area contributed by atoms with Crippen LogP contribution in [0.3, 0.4) is 0 Å². The summed E-state index contributed by atoms with van der Waals surface area (Å²) in [6, 6.07) is 0.450. The summed E-state index contributed by atoms with van der Waals surface area (Å²) in [6.07, 6.45) is 2.33. The number of hydrogen-bond donors (Lipinski definition) is 3. The van der Waals surface area contributed by atoms with Crippen molar-refractivity contribution in [2.45, 2.75) is 32.7 Å². The minimum Gasteiger partial charge on any atom is -0.322 e. The molecule has 1 amide bonds. The van der Waals surface area contributed by atoms with Crippen LogP contribution in [-0.4, -0.2) is 53.7 Å². The van der Waals surface area contributed by atoms with E-state index in [9.17, 15) is 4.79 Å². The number of likely N-dealkylation sites (N-methyl/N-ethyl adjacent to an activating group) is 1. The first-order valence-electron chi connectivity index (χ1n) is 6.80. The number of aromatic amines is 1. The van der Waals surface area contributed by atoms with Crippen LogP contribution in [0.1, 0.15) is 24.2 Å². The fraction of sp³-hybridized carbons (Fsp3) is 0.692. The van der Waals surface area contributed by atoms with E-state index in [0.717, 1.165) is 36.6 Å². The number of nitrogens with one attached hydrogen (secondary N) is 3. The summed E-state index contributed by atoms with van der Waals surface area (Å²) < 4.78 is 0. The Morgan fingerprint density at radius 3 is 2.89 bits per heavy atom. The number of aryl methyl sites for hydroxylation is 2. The Kier molecular flexibility index (Phi) is 4.55. The number of rotatable bonds is 4. The van der Waals surface area contributed by atoms with Crippen molar-refractivity contribution in [3.05, 3.63) is 11.4 Å². The van der Waals surface area contributed by atoms with E-state index >= 15 is 0 Å². The highest BCUT2D eigenvalue weighted by atomic mass is 16.2. The molecule has 1 atom stereocenters. The second kappa shape index (κ2) is 6.16. The number of amides is 1. The maximum Gasteiger partial charge on any atom is 0.238 e. The quantitative estimate of drug-likeness (QED) is 0.747. The molecule has 3 N–H and O–H groups in total. The molecular weight excluding hydrogens is 242 g/mol. The van der Waals surface area contributed by atoms with E-state index in [4.69, 9.17) is 0 Å². The van der Waals surface area contributed by atoms with Gasteiger partial charge in [0.2, 0.25) is 5.91 Å². The molecule has 1 unspecified atom stereocenters. The number of aromatic nitrogens is 2. The van der Waals surface area contributed by atoms with Gasteiger partial charge in [-0.25, -0.2) is 0 Å². The average Bonchev–Trinajstić information content (AvgIpc) is 2.71. The standard InChI is InChI=1S/C13H23N5O/c1-9-13(10(2)17-16-9)15-12(19)8-18(3)11-5-4-6-14-7-11/h11,14H,4-8H2,1-3H3,(H,15,19)(H,16,17). The molecule has 1 aliphatic rings. The molecule has 19 heavy (non-hydrogen) atoms. The number of nitrogens with zero attached hydrogens (tertiary/aromatic N) is 2. The maximum absolute atomic E-state index is 12.1. The zero-order chi connectivity index (χ0) is 13.8. The fourth-order valence-electron chi connectivity index (χ4n) is 2.48. The lowest BCUT2D eigenvalue weighted by Gasteiger charge is -2.31. The van der Waals surface area contributed by atoms with Crippen molar-refractivity contribution < 1.29 is 4.79 Å². The van der Waals surface area contributed by atoms with Gasteiger partial charge in [0, 0.05) is 12.6 Å². The van der Waals surface area contributed by atoms with E-state index < -0.39 is 0 Å². The van der Waals surface area contributed by atoms with Crippen LogP contribution in [-0.2, 0) is 4.79 Å². The summed E-state index contributed by atoms with van der Waals surface area (Å²) in [5.74, 6) is 0.0145. The molecule has 0 bridgehead atoms. The lowest BCUT2D eigenvalue weighted by atomic mass is 10.1. The highest BCUT2D eigenvalue weighted by Crippen LogP contribution is 2.16. The number of piperidine rings is 1. The first kappa shape index (κ1) is 14.0. The van der Waals surface area contributed by atoms with Crippen LogP contribution in [0.15, 0.2) is 0 Å². The zero-order valence-corrected chi connectivity index (χ0v) is 11.9. The van der Waals surface area contributed by atoms with E-state index in [1.54, 1.807) is 0 Å². The first-order valence-corrected chi connectivity index (χ1v) is 6.80. The van der Waals surface area contributed by atoms with Crippen LogP contribution >= 0.6 is 0 Å². The summed E-state index contributed by atoms with van der Waals surface area (Å²) in [6.45, 7) is 6.26. The van der Waals surface area contributed by atoms with Gasteiger partial charge < -0.3 is 10.6 Å². The third kappa shape index (κ3) is 3.54. The van der Waals surface area contributed by atoms with Crippen molar-refractivity contribution in [3.8, 4) is 0 Å². The Morgan fingerprint density at radius 2 is 2.32 bits per heavy atom. The van der Waals surface area contributed by atoms with E-state index in [-0.39, 0.29) is 5.91 Å². The lowest BCUT2D eigenvalue weighted by molar-refractivity contribution is -0.117. The topological polar surface area (TPSA) is 73.0 Å². The Balaban J connectivity index is 1.87. The van der Waals surface area contributed by atoms with Gasteiger partial charge in [0.15, 0.2) is 0 Å². The monoisotopic (exact) mass is 265 g/mol. The Bertz CT molecular complexity index is 417. The summed E-state index contributed by atoms with van der Waals surface area (Å²) in [5.41, 5.74) is 2.53. The zero-order valence-electron chi connectivity index (χ0n) is 11.9. The summed E-state index contributed by atoms with van der Waals surface area (Å²) >= 11 is 0. The molecule has 106 valence electrons. The first-order chi connectivity index (χ1) is 9.08. The maximum atomic E-state index is 12.1. The minimum atomic E-state index is 0.0145. The van der Waals surface area contributed by atoms with Gasteiger partial charge in [-0.2, -0.15) is 5.10 Å². The minimum absolute atomic E-state index is 0.0145. The molecule has 1 saturated heterocycles. The van der Waals surface area contributed by atoms with Crippen LogP contribution in [0, 0.1) is 13.8 Å². The summed E-state index contributed by atoms with van der Waals surface area (Å²) in [7, 11) is 2.01. The molecule has 0 radical (unpaired) electrons. The van der Waals surface area contributed by atoms with Crippen LogP contribution in [0.4, 0.5) is 5.69 Å². The van der Waals surface area contributed by atoms with Gasteiger partial charge in [0.25, 0.3) is 0 Å². The third-order valence-corrected chi connectivity index (χ3v) is 3.68. The summed E-state index contributed by atoms with van der Waals surface area (Å²) in [5, 5.41) is 13.2. The van der Waals surface area contributed by atoms with Gasteiger partial charge in [-0.05, 0) is 40.3 Å². The predicted molar refractivity (Wildman–Crippen MR) is 75.2 cm³/mol. The van der Waals surface area contributed by atoms with E-state index in [1.807, 2.05) is 20.9 Å². The predicted octanol–water partition coefficient (Wildman–Crippen LogP) is 0.649. The smallest absolute Gasteiger partial charge is 0.238 e. The van der Waals surface area contributed by atoms with Gasteiger partial charge in [0.05, 0.1) is 23.6 Å². The van der Waals surface area contributed by atoms with Crippen molar-refractivity contribution in [2.75, 3.05) is 32.0 Å². The Labute approximate surface area is 113 Å². The second-order valence-electron chi connectivity index (χ2n) is 5.27. The molecule has 1 aliphatic heterocycles. The van der Waals surface area contributed by atoms with Gasteiger partial charge in [-0.15, -0.1) is 0 Å². The fourth-order valence-corrected chi connectivity index (χ4v) is 2.48. The van der Waals surface area contributed by atoms with Gasteiger partial charge in [-0.1, -0.05) is 0 Å². The van der Waals surface area contributed by atoms with E-state index in [1.165, 1.54) is 6.42 Å². The molecule has 1 aromatic heterocycles. The SMILES string of the molecule is Cc1n[nH]c(C)c1NC(=O)CN(C)C1CCCNC1. The van der Waals surface area contributed by atoms with Crippen molar-refractivity contribution >= 4 is 11.6 Å². The highest BCUT2D eigenvalue weighted by molar-refractivity contribution is 5.93. The van der Waals surface area contributed by atoms with Gasteiger partial charge in [-0.3, -0.25) is 14.8 Å². The molecule has 6 nitrogen and oxygen atoms in total. The molecule has 6 heteroatoms. The molecule has 0 aliphatic carbocycles. The van der Waals surface area contributed by atoms with Crippen molar-refractivity contribution in [3.63, 3.8) is 0 Å².